The number of pyridine rings is 1. The van der Waals surface area contributed by atoms with Gasteiger partial charge in [-0.15, -0.1) is 0 Å². The fourth-order valence-electron chi connectivity index (χ4n) is 2.30. The number of nitrogens with one attached hydrogen (secondary N) is 2. The maximum absolute atomic E-state index is 12.0. The number of amides is 1. The standard InChI is InChI=1S/C14H22N4O2/c1-10(2)20-12-5-4-6-17-13(12)18-8-7-16-9-11(18)14(19)15-3/h4-6,10-11,16H,7-9H2,1-3H3,(H,15,19). The van der Waals surface area contributed by atoms with E-state index in [1.165, 1.54) is 0 Å². The number of carbonyl (C=O) groups excluding carboxylic acids is 1. The summed E-state index contributed by atoms with van der Waals surface area (Å²) in [4.78, 5) is 18.4. The van der Waals surface area contributed by atoms with E-state index in [1.807, 2.05) is 30.9 Å². The Balaban J connectivity index is 2.30. The molecule has 0 saturated carbocycles. The number of ether oxygens (including phenoxy) is 1. The lowest BCUT2D eigenvalue weighted by molar-refractivity contribution is -0.122. The van der Waals surface area contributed by atoms with Gasteiger partial charge in [-0.3, -0.25) is 4.79 Å². The van der Waals surface area contributed by atoms with Crippen molar-refractivity contribution in [1.82, 2.24) is 15.6 Å². The second-order valence-electron chi connectivity index (χ2n) is 5.02. The van der Waals surface area contributed by atoms with Gasteiger partial charge in [-0.05, 0) is 26.0 Å². The molecule has 0 bridgehead atoms. The highest BCUT2D eigenvalue weighted by molar-refractivity contribution is 5.85. The molecule has 0 aliphatic carbocycles. The van der Waals surface area contributed by atoms with Gasteiger partial charge in [-0.2, -0.15) is 0 Å². The molecule has 2 heterocycles. The van der Waals surface area contributed by atoms with Crippen molar-refractivity contribution in [2.45, 2.75) is 26.0 Å². The summed E-state index contributed by atoms with van der Waals surface area (Å²) in [6.07, 6.45) is 1.80. The van der Waals surface area contributed by atoms with Crippen LogP contribution in [0.3, 0.4) is 0 Å². The summed E-state index contributed by atoms with van der Waals surface area (Å²) in [6.45, 7) is 6.11. The van der Waals surface area contributed by atoms with Crippen LogP contribution in [0.5, 0.6) is 5.75 Å². The maximum Gasteiger partial charge on any atom is 0.243 e. The summed E-state index contributed by atoms with van der Waals surface area (Å²) in [6, 6.07) is 3.47. The number of anilines is 1. The minimum atomic E-state index is -0.266. The maximum atomic E-state index is 12.0. The van der Waals surface area contributed by atoms with E-state index in [0.717, 1.165) is 24.7 Å². The molecule has 1 unspecified atom stereocenters. The Kier molecular flexibility index (Phi) is 4.79. The van der Waals surface area contributed by atoms with Crippen molar-refractivity contribution >= 4 is 11.7 Å². The van der Waals surface area contributed by atoms with E-state index in [4.69, 9.17) is 4.74 Å². The zero-order valence-electron chi connectivity index (χ0n) is 12.2. The van der Waals surface area contributed by atoms with Crippen LogP contribution >= 0.6 is 0 Å². The van der Waals surface area contributed by atoms with Gasteiger partial charge in [0.15, 0.2) is 11.6 Å². The number of hydrogen-bond donors (Lipinski definition) is 2. The van der Waals surface area contributed by atoms with Crippen molar-refractivity contribution < 1.29 is 9.53 Å². The van der Waals surface area contributed by atoms with E-state index in [1.54, 1.807) is 13.2 Å². The fourth-order valence-corrected chi connectivity index (χ4v) is 2.30. The summed E-state index contributed by atoms with van der Waals surface area (Å²) in [7, 11) is 1.65. The predicted octanol–water partition coefficient (Wildman–Crippen LogP) is 0.393. The van der Waals surface area contributed by atoms with E-state index in [0.29, 0.717) is 6.54 Å². The lowest BCUT2D eigenvalue weighted by Gasteiger charge is -2.36. The van der Waals surface area contributed by atoms with Crippen molar-refractivity contribution in [2.75, 3.05) is 31.6 Å². The Bertz CT molecular complexity index is 464. The zero-order valence-corrected chi connectivity index (χ0v) is 12.2. The molecule has 2 rings (SSSR count). The SMILES string of the molecule is CNC(=O)C1CNCCN1c1ncccc1OC(C)C. The Morgan fingerprint density at radius 1 is 1.60 bits per heavy atom. The Hall–Kier alpha value is -1.82. The molecular formula is C14H22N4O2. The fraction of sp³-hybridized carbons (Fsp3) is 0.571. The van der Waals surface area contributed by atoms with Crippen molar-refractivity contribution in [3.8, 4) is 5.75 Å². The summed E-state index contributed by atoms with van der Waals surface area (Å²) >= 11 is 0. The first-order chi connectivity index (χ1) is 9.63. The molecule has 0 aromatic carbocycles. The molecule has 1 atom stereocenters. The van der Waals surface area contributed by atoms with Crippen molar-refractivity contribution in [2.24, 2.45) is 0 Å². The molecular weight excluding hydrogens is 256 g/mol. The van der Waals surface area contributed by atoms with E-state index in [9.17, 15) is 4.79 Å². The molecule has 6 nitrogen and oxygen atoms in total. The minimum Gasteiger partial charge on any atom is -0.487 e. The number of nitrogens with zero attached hydrogens (tertiary/aromatic N) is 2. The van der Waals surface area contributed by atoms with Gasteiger partial charge in [0.1, 0.15) is 6.04 Å². The number of hydrogen-bond acceptors (Lipinski definition) is 5. The van der Waals surface area contributed by atoms with Crippen molar-refractivity contribution in [1.29, 1.82) is 0 Å². The first-order valence-electron chi connectivity index (χ1n) is 6.94. The third kappa shape index (κ3) is 3.19. The molecule has 0 spiro atoms. The normalized spacial score (nSPS) is 19.0. The third-order valence-corrected chi connectivity index (χ3v) is 3.18. The zero-order chi connectivity index (χ0) is 14.5. The third-order valence-electron chi connectivity index (χ3n) is 3.18. The average Bonchev–Trinajstić information content (AvgIpc) is 2.46. The summed E-state index contributed by atoms with van der Waals surface area (Å²) in [5, 5.41) is 5.94. The van der Waals surface area contributed by atoms with Gasteiger partial charge in [-0.1, -0.05) is 0 Å². The van der Waals surface area contributed by atoms with Crippen LogP contribution in [0.1, 0.15) is 13.8 Å². The van der Waals surface area contributed by atoms with Crippen molar-refractivity contribution in [3.05, 3.63) is 18.3 Å². The Labute approximate surface area is 119 Å². The molecule has 1 fully saturated rings. The number of likely N-dealkylation sites (N-methyl/N-ethyl adjacent to an activating group) is 1. The van der Waals surface area contributed by atoms with Crippen LogP contribution < -0.4 is 20.3 Å². The van der Waals surface area contributed by atoms with Gasteiger partial charge in [0.2, 0.25) is 5.91 Å². The van der Waals surface area contributed by atoms with Gasteiger partial charge < -0.3 is 20.3 Å². The number of piperazine rings is 1. The van der Waals surface area contributed by atoms with Crippen LogP contribution in [0.2, 0.25) is 0 Å². The molecule has 20 heavy (non-hydrogen) atoms. The summed E-state index contributed by atoms with van der Waals surface area (Å²) < 4.78 is 5.80. The van der Waals surface area contributed by atoms with Gasteiger partial charge in [-0.25, -0.2) is 4.98 Å². The Morgan fingerprint density at radius 2 is 2.40 bits per heavy atom. The molecule has 0 radical (unpaired) electrons. The van der Waals surface area contributed by atoms with E-state index < -0.39 is 0 Å². The topological polar surface area (TPSA) is 66.5 Å². The van der Waals surface area contributed by atoms with Crippen LogP contribution in [0.4, 0.5) is 5.82 Å². The van der Waals surface area contributed by atoms with Crippen LogP contribution in [0.25, 0.3) is 0 Å². The second kappa shape index (κ2) is 6.56. The molecule has 1 amide bonds. The lowest BCUT2D eigenvalue weighted by Crippen LogP contribution is -2.58. The smallest absolute Gasteiger partial charge is 0.243 e. The largest absolute Gasteiger partial charge is 0.487 e. The van der Waals surface area contributed by atoms with Crippen LogP contribution in [-0.4, -0.2) is 49.7 Å². The molecule has 1 saturated heterocycles. The molecule has 1 aromatic heterocycles. The van der Waals surface area contributed by atoms with Crippen molar-refractivity contribution in [3.63, 3.8) is 0 Å². The number of rotatable bonds is 4. The van der Waals surface area contributed by atoms with Gasteiger partial charge >= 0.3 is 0 Å². The van der Waals surface area contributed by atoms with Gasteiger partial charge in [0, 0.05) is 32.9 Å². The van der Waals surface area contributed by atoms with Gasteiger partial charge in [0.25, 0.3) is 0 Å². The highest BCUT2D eigenvalue weighted by atomic mass is 16.5. The highest BCUT2D eigenvalue weighted by Gasteiger charge is 2.30. The monoisotopic (exact) mass is 278 g/mol. The summed E-state index contributed by atoms with van der Waals surface area (Å²) in [5.74, 6) is 1.44. The predicted molar refractivity (Wildman–Crippen MR) is 78.1 cm³/mol. The molecule has 6 heteroatoms. The average molecular weight is 278 g/mol. The lowest BCUT2D eigenvalue weighted by atomic mass is 10.1. The first-order valence-corrected chi connectivity index (χ1v) is 6.94. The molecule has 1 aliphatic rings. The van der Waals surface area contributed by atoms with E-state index >= 15 is 0 Å². The Morgan fingerprint density at radius 3 is 3.10 bits per heavy atom. The molecule has 110 valence electrons. The minimum absolute atomic E-state index is 0.0154. The molecule has 2 N–H and O–H groups in total. The first kappa shape index (κ1) is 14.6. The number of carbonyl (C=O) groups is 1. The van der Waals surface area contributed by atoms with Crippen LogP contribution in [0, 0.1) is 0 Å². The van der Waals surface area contributed by atoms with Crippen LogP contribution in [0.15, 0.2) is 18.3 Å². The second-order valence-corrected chi connectivity index (χ2v) is 5.02. The van der Waals surface area contributed by atoms with Gasteiger partial charge in [0.05, 0.1) is 6.10 Å². The molecule has 1 aliphatic heterocycles. The molecule has 1 aromatic rings. The van der Waals surface area contributed by atoms with Crippen LogP contribution in [-0.2, 0) is 4.79 Å². The highest BCUT2D eigenvalue weighted by Crippen LogP contribution is 2.28. The summed E-state index contributed by atoms with van der Waals surface area (Å²) in [5.41, 5.74) is 0. The quantitative estimate of drug-likeness (QED) is 0.834. The van der Waals surface area contributed by atoms with E-state index in [2.05, 4.69) is 15.6 Å². The van der Waals surface area contributed by atoms with E-state index in [-0.39, 0.29) is 18.1 Å². The number of aromatic nitrogens is 1.